The van der Waals surface area contributed by atoms with Crippen LogP contribution < -0.4 is 10.6 Å². The van der Waals surface area contributed by atoms with Gasteiger partial charge in [-0.3, -0.25) is 0 Å². The van der Waals surface area contributed by atoms with Crippen molar-refractivity contribution < 1.29 is 0 Å². The molecule has 3 atom stereocenters. The Labute approximate surface area is 113 Å². The van der Waals surface area contributed by atoms with Crippen LogP contribution >= 0.6 is 0 Å². The number of fused-ring (bicyclic) bond motifs is 2. The summed E-state index contributed by atoms with van der Waals surface area (Å²) >= 11 is 0. The lowest BCUT2D eigenvalue weighted by Crippen LogP contribution is -2.37. The van der Waals surface area contributed by atoms with Crippen molar-refractivity contribution in [1.82, 2.24) is 10.6 Å². The molecule has 0 aliphatic heterocycles. The molecule has 2 bridgehead atoms. The molecule has 2 aliphatic rings. The normalized spacial score (nSPS) is 31.2. The lowest BCUT2D eigenvalue weighted by atomic mass is 9.86. The molecule has 18 heavy (non-hydrogen) atoms. The molecule has 0 aromatic rings. The number of nitrogens with one attached hydrogen (secondary N) is 2. The average Bonchev–Trinajstić information content (AvgIpc) is 2.88. The molecule has 2 aliphatic carbocycles. The molecule has 0 heterocycles. The smallest absolute Gasteiger partial charge is 0.00965 e. The molecule has 2 nitrogen and oxygen atoms in total. The predicted octanol–water partition coefficient (Wildman–Crippen LogP) is 3.18. The molecule has 106 valence electrons. The second kappa shape index (κ2) is 6.38. The van der Waals surface area contributed by atoms with Crippen LogP contribution in [0.25, 0.3) is 0 Å². The van der Waals surface area contributed by atoms with Crippen LogP contribution in [-0.2, 0) is 0 Å². The Kier molecular flexibility index (Phi) is 5.08. The van der Waals surface area contributed by atoms with Gasteiger partial charge in [0.05, 0.1) is 0 Å². The van der Waals surface area contributed by atoms with E-state index in [-0.39, 0.29) is 5.54 Å². The quantitative estimate of drug-likeness (QED) is 0.680. The van der Waals surface area contributed by atoms with Crippen molar-refractivity contribution in [2.24, 2.45) is 17.8 Å². The van der Waals surface area contributed by atoms with Crippen molar-refractivity contribution in [1.29, 1.82) is 0 Å². The summed E-state index contributed by atoms with van der Waals surface area (Å²) in [5.74, 6) is 3.26. The van der Waals surface area contributed by atoms with Crippen molar-refractivity contribution in [3.63, 3.8) is 0 Å². The molecule has 2 rings (SSSR count). The molecule has 2 heteroatoms. The Morgan fingerprint density at radius 2 is 1.83 bits per heavy atom. The van der Waals surface area contributed by atoms with Gasteiger partial charge in [0.1, 0.15) is 0 Å². The van der Waals surface area contributed by atoms with Gasteiger partial charge in [-0.2, -0.15) is 0 Å². The van der Waals surface area contributed by atoms with E-state index < -0.39 is 0 Å². The molecular formula is C16H32N2. The number of rotatable bonds is 7. The van der Waals surface area contributed by atoms with E-state index >= 15 is 0 Å². The summed E-state index contributed by atoms with van der Waals surface area (Å²) in [6.07, 6.45) is 8.83. The maximum absolute atomic E-state index is 3.62. The van der Waals surface area contributed by atoms with Gasteiger partial charge in [-0.05, 0) is 90.3 Å². The zero-order chi connectivity index (χ0) is 13.0. The predicted molar refractivity (Wildman–Crippen MR) is 78.8 cm³/mol. The van der Waals surface area contributed by atoms with E-state index in [0.29, 0.717) is 0 Å². The maximum Gasteiger partial charge on any atom is 0.00965 e. The van der Waals surface area contributed by atoms with Crippen molar-refractivity contribution in [3.05, 3.63) is 0 Å². The van der Waals surface area contributed by atoms with Crippen molar-refractivity contribution >= 4 is 0 Å². The van der Waals surface area contributed by atoms with E-state index in [1.54, 1.807) is 6.42 Å². The van der Waals surface area contributed by atoms with Gasteiger partial charge in [-0.25, -0.2) is 0 Å². The first-order valence-electron chi connectivity index (χ1n) is 8.00. The van der Waals surface area contributed by atoms with Gasteiger partial charge < -0.3 is 10.6 Å². The van der Waals surface area contributed by atoms with E-state index in [1.165, 1.54) is 45.2 Å². The van der Waals surface area contributed by atoms with Crippen LogP contribution in [0.1, 0.15) is 59.3 Å². The largest absolute Gasteiger partial charge is 0.317 e. The van der Waals surface area contributed by atoms with Crippen LogP contribution in [-0.4, -0.2) is 25.2 Å². The highest BCUT2D eigenvalue weighted by Gasteiger charge is 2.38. The zero-order valence-corrected chi connectivity index (χ0v) is 12.6. The molecule has 0 radical (unpaired) electrons. The molecule has 0 amide bonds. The topological polar surface area (TPSA) is 24.1 Å². The summed E-state index contributed by atoms with van der Waals surface area (Å²) in [5.41, 5.74) is 0.267. The van der Waals surface area contributed by atoms with Gasteiger partial charge in [0, 0.05) is 5.54 Å². The van der Waals surface area contributed by atoms with Crippen LogP contribution in [0, 0.1) is 17.8 Å². The summed E-state index contributed by atoms with van der Waals surface area (Å²) in [5, 5.41) is 7.15. The highest BCUT2D eigenvalue weighted by atomic mass is 14.9. The monoisotopic (exact) mass is 252 g/mol. The van der Waals surface area contributed by atoms with Gasteiger partial charge in [0.15, 0.2) is 0 Å². The van der Waals surface area contributed by atoms with Gasteiger partial charge in [-0.15, -0.1) is 0 Å². The summed E-state index contributed by atoms with van der Waals surface area (Å²) in [6.45, 7) is 10.2. The fourth-order valence-corrected chi connectivity index (χ4v) is 3.82. The summed E-state index contributed by atoms with van der Waals surface area (Å²) < 4.78 is 0. The second-order valence-corrected chi connectivity index (χ2v) is 7.50. The first kappa shape index (κ1) is 14.3. The molecule has 0 saturated heterocycles. The van der Waals surface area contributed by atoms with Gasteiger partial charge >= 0.3 is 0 Å². The Hall–Kier alpha value is -0.0800. The fraction of sp³-hybridized carbons (Fsp3) is 1.00. The summed E-state index contributed by atoms with van der Waals surface area (Å²) in [4.78, 5) is 0. The van der Waals surface area contributed by atoms with E-state index in [9.17, 15) is 0 Å². The average molecular weight is 252 g/mol. The SMILES string of the molecule is CC(C)(C)NCCCNCCC1CC2CCC1C2. The standard InChI is InChI=1S/C16H32N2/c1-16(2,3)18-9-4-8-17-10-7-15-12-13-5-6-14(15)11-13/h13-15,17-18H,4-12H2,1-3H3. The van der Waals surface area contributed by atoms with Gasteiger partial charge in [0.25, 0.3) is 0 Å². The van der Waals surface area contributed by atoms with E-state index in [1.807, 2.05) is 0 Å². The minimum Gasteiger partial charge on any atom is -0.317 e. The van der Waals surface area contributed by atoms with Crippen molar-refractivity contribution in [2.45, 2.75) is 64.8 Å². The van der Waals surface area contributed by atoms with Crippen LogP contribution in [0.4, 0.5) is 0 Å². The summed E-state index contributed by atoms with van der Waals surface area (Å²) in [6, 6.07) is 0. The number of hydrogen-bond donors (Lipinski definition) is 2. The first-order chi connectivity index (χ1) is 8.54. The van der Waals surface area contributed by atoms with E-state index in [4.69, 9.17) is 0 Å². The molecular weight excluding hydrogens is 220 g/mol. The molecule has 0 spiro atoms. The Balaban J connectivity index is 1.42. The van der Waals surface area contributed by atoms with Crippen molar-refractivity contribution in [3.8, 4) is 0 Å². The van der Waals surface area contributed by atoms with Crippen LogP contribution in [0.2, 0.25) is 0 Å². The third-order valence-corrected chi connectivity index (χ3v) is 4.76. The highest BCUT2D eigenvalue weighted by molar-refractivity contribution is 4.89. The molecule has 0 aromatic carbocycles. The second-order valence-electron chi connectivity index (χ2n) is 7.50. The summed E-state index contributed by atoms with van der Waals surface area (Å²) in [7, 11) is 0. The molecule has 2 saturated carbocycles. The van der Waals surface area contributed by atoms with Crippen LogP contribution in [0.5, 0.6) is 0 Å². The lowest BCUT2D eigenvalue weighted by Gasteiger charge is -2.22. The Bertz CT molecular complexity index is 244. The van der Waals surface area contributed by atoms with Crippen LogP contribution in [0.3, 0.4) is 0 Å². The minimum absolute atomic E-state index is 0.267. The Morgan fingerprint density at radius 3 is 2.44 bits per heavy atom. The fourth-order valence-electron chi connectivity index (χ4n) is 3.82. The van der Waals surface area contributed by atoms with Gasteiger partial charge in [0.2, 0.25) is 0 Å². The first-order valence-corrected chi connectivity index (χ1v) is 8.00. The molecule has 2 N–H and O–H groups in total. The zero-order valence-electron chi connectivity index (χ0n) is 12.6. The minimum atomic E-state index is 0.267. The molecule has 2 fully saturated rings. The number of hydrogen-bond acceptors (Lipinski definition) is 2. The highest BCUT2D eigenvalue weighted by Crippen LogP contribution is 2.49. The van der Waals surface area contributed by atoms with Crippen molar-refractivity contribution in [2.75, 3.05) is 19.6 Å². The van der Waals surface area contributed by atoms with Gasteiger partial charge in [-0.1, -0.05) is 6.42 Å². The van der Waals surface area contributed by atoms with E-state index in [0.717, 1.165) is 24.3 Å². The maximum atomic E-state index is 3.62. The molecule has 3 unspecified atom stereocenters. The third kappa shape index (κ3) is 4.55. The van der Waals surface area contributed by atoms with E-state index in [2.05, 4.69) is 31.4 Å². The lowest BCUT2D eigenvalue weighted by molar-refractivity contribution is 0.310. The van der Waals surface area contributed by atoms with Crippen LogP contribution in [0.15, 0.2) is 0 Å². The Morgan fingerprint density at radius 1 is 1.00 bits per heavy atom. The molecule has 0 aromatic heterocycles. The third-order valence-electron chi connectivity index (χ3n) is 4.76.